The van der Waals surface area contributed by atoms with Crippen molar-refractivity contribution < 1.29 is 14.2 Å². The fourth-order valence-corrected chi connectivity index (χ4v) is 2.95. The molecule has 1 aliphatic carbocycles. The van der Waals surface area contributed by atoms with Gasteiger partial charge in [0.2, 0.25) is 0 Å². The van der Waals surface area contributed by atoms with Gasteiger partial charge in [0.15, 0.2) is 0 Å². The Hall–Kier alpha value is -1.39. The van der Waals surface area contributed by atoms with E-state index in [0.29, 0.717) is 11.1 Å². The summed E-state index contributed by atoms with van der Waals surface area (Å²) in [5, 5.41) is 9.85. The van der Waals surface area contributed by atoms with E-state index in [4.69, 9.17) is 4.74 Å². The average molecular weight is 337 g/mol. The van der Waals surface area contributed by atoms with E-state index < -0.39 is 0 Å². The molecule has 0 heterocycles. The van der Waals surface area contributed by atoms with Crippen molar-refractivity contribution in [3.63, 3.8) is 0 Å². The first-order valence-electron chi connectivity index (χ1n) is 6.52. The maximum atomic E-state index is 13.2. The Morgan fingerprint density at radius 3 is 2.95 bits per heavy atom. The molecule has 1 aliphatic rings. The summed E-state index contributed by atoms with van der Waals surface area (Å²) < 4.78 is 19.4. The predicted molar refractivity (Wildman–Crippen MR) is 78.2 cm³/mol. The van der Waals surface area contributed by atoms with Crippen molar-refractivity contribution in [2.24, 2.45) is 0 Å². The summed E-state index contributed by atoms with van der Waals surface area (Å²) in [7, 11) is 0. The minimum Gasteiger partial charge on any atom is -0.489 e. The van der Waals surface area contributed by atoms with E-state index in [-0.39, 0.29) is 11.9 Å². The summed E-state index contributed by atoms with van der Waals surface area (Å²) in [6.07, 6.45) is 1.20. The van der Waals surface area contributed by atoms with Crippen LogP contribution in [0.3, 0.4) is 0 Å². The zero-order valence-electron chi connectivity index (χ0n) is 10.8. The van der Waals surface area contributed by atoms with E-state index in [2.05, 4.69) is 15.9 Å². The maximum Gasteiger partial charge on any atom is 0.137 e. The molecule has 0 saturated carbocycles. The fourth-order valence-electron chi connectivity index (χ4n) is 2.52. The Morgan fingerprint density at radius 2 is 2.15 bits per heavy atom. The van der Waals surface area contributed by atoms with Gasteiger partial charge < -0.3 is 9.84 Å². The monoisotopic (exact) mass is 336 g/mol. The number of hydrogen-bond donors (Lipinski definition) is 1. The second-order valence-electron chi connectivity index (χ2n) is 4.92. The van der Waals surface area contributed by atoms with Crippen LogP contribution in [0.1, 0.15) is 29.2 Å². The van der Waals surface area contributed by atoms with E-state index in [9.17, 15) is 9.50 Å². The lowest BCUT2D eigenvalue weighted by Gasteiger charge is -2.11. The van der Waals surface area contributed by atoms with Crippen molar-refractivity contribution in [2.75, 3.05) is 0 Å². The molecule has 104 valence electrons. The highest BCUT2D eigenvalue weighted by atomic mass is 79.9. The zero-order valence-corrected chi connectivity index (χ0v) is 12.4. The molecule has 2 aromatic rings. The van der Waals surface area contributed by atoms with Gasteiger partial charge in [0.25, 0.3) is 0 Å². The van der Waals surface area contributed by atoms with Crippen LogP contribution in [-0.4, -0.2) is 5.11 Å². The number of ether oxygens (including phenoxy) is 1. The van der Waals surface area contributed by atoms with Crippen LogP contribution in [0.2, 0.25) is 0 Å². The van der Waals surface area contributed by atoms with Crippen molar-refractivity contribution in [2.45, 2.75) is 25.6 Å². The third-order valence-electron chi connectivity index (χ3n) is 3.57. The Kier molecular flexibility index (Phi) is 3.76. The van der Waals surface area contributed by atoms with Crippen LogP contribution in [0.4, 0.5) is 4.39 Å². The minimum absolute atomic E-state index is 0.280. The van der Waals surface area contributed by atoms with Crippen molar-refractivity contribution in [3.8, 4) is 5.75 Å². The summed E-state index contributed by atoms with van der Waals surface area (Å²) in [6, 6.07) is 10.6. The van der Waals surface area contributed by atoms with Crippen LogP contribution in [0, 0.1) is 5.82 Å². The molecular weight excluding hydrogens is 323 g/mol. The van der Waals surface area contributed by atoms with Gasteiger partial charge in [-0.2, -0.15) is 0 Å². The zero-order chi connectivity index (χ0) is 14.1. The lowest BCUT2D eigenvalue weighted by atomic mass is 10.1. The molecule has 0 aliphatic heterocycles. The number of rotatable bonds is 3. The Morgan fingerprint density at radius 1 is 1.30 bits per heavy atom. The molecule has 2 aromatic carbocycles. The van der Waals surface area contributed by atoms with Crippen molar-refractivity contribution in [1.82, 2.24) is 0 Å². The van der Waals surface area contributed by atoms with Crippen LogP contribution < -0.4 is 4.74 Å². The smallest absolute Gasteiger partial charge is 0.137 e. The molecule has 0 radical (unpaired) electrons. The number of aliphatic hydroxyl groups is 1. The normalized spacial score (nSPS) is 17.1. The van der Waals surface area contributed by atoms with Gasteiger partial charge in [-0.05, 0) is 58.1 Å². The van der Waals surface area contributed by atoms with Gasteiger partial charge in [0.1, 0.15) is 18.2 Å². The second kappa shape index (κ2) is 5.54. The third-order valence-corrected chi connectivity index (χ3v) is 4.18. The van der Waals surface area contributed by atoms with Gasteiger partial charge in [-0.15, -0.1) is 0 Å². The molecule has 0 saturated heterocycles. The van der Waals surface area contributed by atoms with Crippen LogP contribution >= 0.6 is 15.9 Å². The lowest BCUT2D eigenvalue weighted by Crippen LogP contribution is -1.99. The van der Waals surface area contributed by atoms with Gasteiger partial charge >= 0.3 is 0 Å². The van der Waals surface area contributed by atoms with Gasteiger partial charge in [0, 0.05) is 5.56 Å². The van der Waals surface area contributed by atoms with Crippen molar-refractivity contribution >= 4 is 15.9 Å². The standard InChI is InChI=1S/C16H14BrFO2/c17-13-8-10(4-6-14(13)18)9-20-16-3-1-2-11-12(16)5-7-15(11)19/h1-4,6,8,15,19H,5,7,9H2. The maximum absolute atomic E-state index is 13.2. The van der Waals surface area contributed by atoms with E-state index in [1.807, 2.05) is 18.2 Å². The number of benzene rings is 2. The molecule has 1 atom stereocenters. The minimum atomic E-state index is -0.381. The van der Waals surface area contributed by atoms with Gasteiger partial charge in [0.05, 0.1) is 10.6 Å². The molecule has 0 bridgehead atoms. The van der Waals surface area contributed by atoms with Gasteiger partial charge in [-0.3, -0.25) is 0 Å². The summed E-state index contributed by atoms with van der Waals surface area (Å²) >= 11 is 3.17. The SMILES string of the molecule is OC1CCc2c(OCc3ccc(F)c(Br)c3)cccc21. The number of hydrogen-bond acceptors (Lipinski definition) is 2. The van der Waals surface area contributed by atoms with Crippen LogP contribution in [0.15, 0.2) is 40.9 Å². The molecule has 1 unspecified atom stereocenters. The molecule has 20 heavy (non-hydrogen) atoms. The first kappa shape index (κ1) is 13.6. The van der Waals surface area contributed by atoms with Crippen LogP contribution in [0.5, 0.6) is 5.75 Å². The fraction of sp³-hybridized carbons (Fsp3) is 0.250. The largest absolute Gasteiger partial charge is 0.489 e. The molecular formula is C16H14BrFO2. The topological polar surface area (TPSA) is 29.5 Å². The van der Waals surface area contributed by atoms with E-state index >= 15 is 0 Å². The first-order chi connectivity index (χ1) is 9.65. The Labute approximate surface area is 125 Å². The molecule has 0 fully saturated rings. The average Bonchev–Trinajstić information content (AvgIpc) is 2.83. The lowest BCUT2D eigenvalue weighted by molar-refractivity contribution is 0.180. The second-order valence-corrected chi connectivity index (χ2v) is 5.77. The molecule has 1 N–H and O–H groups in total. The van der Waals surface area contributed by atoms with Gasteiger partial charge in [-0.25, -0.2) is 4.39 Å². The molecule has 0 spiro atoms. The quantitative estimate of drug-likeness (QED) is 0.912. The predicted octanol–water partition coefficient (Wildman–Crippen LogP) is 4.15. The third kappa shape index (κ3) is 2.58. The highest BCUT2D eigenvalue weighted by Gasteiger charge is 2.23. The molecule has 2 nitrogen and oxygen atoms in total. The molecule has 0 aromatic heterocycles. The summed E-state index contributed by atoms with van der Waals surface area (Å²) in [6.45, 7) is 0.380. The Balaban J connectivity index is 1.77. The molecule has 4 heteroatoms. The number of aliphatic hydroxyl groups excluding tert-OH is 1. The molecule has 0 amide bonds. The summed E-state index contributed by atoms with van der Waals surface area (Å²) in [5.74, 6) is 0.525. The highest BCUT2D eigenvalue weighted by Crippen LogP contribution is 2.37. The highest BCUT2D eigenvalue weighted by molar-refractivity contribution is 9.10. The number of halogens is 2. The number of fused-ring (bicyclic) bond motifs is 1. The van der Waals surface area contributed by atoms with E-state index in [1.54, 1.807) is 12.1 Å². The van der Waals surface area contributed by atoms with Crippen molar-refractivity contribution in [1.29, 1.82) is 0 Å². The Bertz CT molecular complexity index is 642. The van der Waals surface area contributed by atoms with Gasteiger partial charge in [-0.1, -0.05) is 18.2 Å². The van der Waals surface area contributed by atoms with E-state index in [0.717, 1.165) is 35.3 Å². The van der Waals surface area contributed by atoms with Crippen molar-refractivity contribution in [3.05, 3.63) is 63.4 Å². The van der Waals surface area contributed by atoms with E-state index in [1.165, 1.54) is 6.07 Å². The molecule has 3 rings (SSSR count). The van der Waals surface area contributed by atoms with Crippen LogP contribution in [0.25, 0.3) is 0 Å². The summed E-state index contributed by atoms with van der Waals surface area (Å²) in [4.78, 5) is 0. The first-order valence-corrected chi connectivity index (χ1v) is 7.31. The summed E-state index contributed by atoms with van der Waals surface area (Å²) in [5.41, 5.74) is 2.94. The van der Waals surface area contributed by atoms with Crippen LogP contribution in [-0.2, 0) is 13.0 Å².